The Bertz CT molecular complexity index is 678. The first-order chi connectivity index (χ1) is 12.3. The van der Waals surface area contributed by atoms with E-state index in [1.54, 1.807) is 19.5 Å². The Hall–Kier alpha value is -2.63. The van der Waals surface area contributed by atoms with Crippen LogP contribution in [-0.2, 0) is 6.54 Å². The highest BCUT2D eigenvalue weighted by molar-refractivity contribution is 5.91. The monoisotopic (exact) mass is 340 g/mol. The smallest absolute Gasteiger partial charge is 0.271 e. The van der Waals surface area contributed by atoms with Gasteiger partial charge >= 0.3 is 0 Å². The Balaban J connectivity index is 1.56. The van der Waals surface area contributed by atoms with Crippen molar-refractivity contribution < 1.29 is 9.53 Å². The van der Waals surface area contributed by atoms with E-state index in [-0.39, 0.29) is 5.91 Å². The predicted octanol–water partition coefficient (Wildman–Crippen LogP) is 2.80. The Morgan fingerprint density at radius 2 is 1.80 bits per heavy atom. The molecule has 0 unspecified atom stereocenters. The molecule has 0 saturated carbocycles. The van der Waals surface area contributed by atoms with Gasteiger partial charge in [-0.2, -0.15) is 0 Å². The molecule has 0 spiro atoms. The maximum absolute atomic E-state index is 12.2. The molecule has 132 valence electrons. The minimum absolute atomic E-state index is 0.217. The van der Waals surface area contributed by atoms with E-state index in [2.05, 4.69) is 20.2 Å². The summed E-state index contributed by atoms with van der Waals surface area (Å²) >= 11 is 0. The number of carbonyl (C=O) groups excluding carboxylic acids is 1. The van der Waals surface area contributed by atoms with Gasteiger partial charge in [-0.05, 0) is 30.5 Å². The third kappa shape index (κ3) is 4.68. The lowest BCUT2D eigenvalue weighted by Crippen LogP contribution is -2.27. The van der Waals surface area contributed by atoms with Gasteiger partial charge in [-0.1, -0.05) is 25.0 Å². The normalized spacial score (nSPS) is 14.7. The molecule has 3 rings (SSSR count). The third-order valence-electron chi connectivity index (χ3n) is 4.41. The van der Waals surface area contributed by atoms with Gasteiger partial charge in [0.2, 0.25) is 0 Å². The van der Waals surface area contributed by atoms with Crippen molar-refractivity contribution in [2.45, 2.75) is 32.2 Å². The number of methoxy groups -OCH3 is 1. The number of nitrogens with zero attached hydrogens (tertiary/aromatic N) is 3. The second-order valence-electron chi connectivity index (χ2n) is 6.19. The summed E-state index contributed by atoms with van der Waals surface area (Å²) < 4.78 is 5.12. The van der Waals surface area contributed by atoms with Crippen LogP contribution in [0.15, 0.2) is 36.7 Å². The van der Waals surface area contributed by atoms with Crippen LogP contribution in [-0.4, -0.2) is 36.1 Å². The van der Waals surface area contributed by atoms with Crippen LogP contribution in [0.4, 0.5) is 5.82 Å². The first-order valence-electron chi connectivity index (χ1n) is 8.74. The highest BCUT2D eigenvalue weighted by Gasteiger charge is 2.13. The van der Waals surface area contributed by atoms with Crippen LogP contribution in [0.5, 0.6) is 5.75 Å². The number of amides is 1. The summed E-state index contributed by atoms with van der Waals surface area (Å²) in [7, 11) is 1.63. The maximum atomic E-state index is 12.2. The zero-order chi connectivity index (χ0) is 17.5. The minimum atomic E-state index is -0.217. The first-order valence-corrected chi connectivity index (χ1v) is 8.74. The molecule has 1 saturated heterocycles. The molecule has 1 aliphatic rings. The average Bonchev–Trinajstić information content (AvgIpc) is 2.96. The van der Waals surface area contributed by atoms with Crippen molar-refractivity contribution in [2.24, 2.45) is 0 Å². The van der Waals surface area contributed by atoms with E-state index < -0.39 is 0 Å². The lowest BCUT2D eigenvalue weighted by atomic mass is 10.2. The van der Waals surface area contributed by atoms with Gasteiger partial charge in [-0.15, -0.1) is 0 Å². The molecule has 6 nitrogen and oxygen atoms in total. The molecule has 1 aromatic carbocycles. The van der Waals surface area contributed by atoms with Crippen LogP contribution >= 0.6 is 0 Å². The van der Waals surface area contributed by atoms with E-state index in [0.29, 0.717) is 12.2 Å². The minimum Gasteiger partial charge on any atom is -0.497 e. The molecule has 0 atom stereocenters. The Morgan fingerprint density at radius 1 is 1.08 bits per heavy atom. The number of hydrogen-bond acceptors (Lipinski definition) is 5. The van der Waals surface area contributed by atoms with Gasteiger partial charge in [-0.3, -0.25) is 4.79 Å². The van der Waals surface area contributed by atoms with E-state index in [1.165, 1.54) is 25.7 Å². The van der Waals surface area contributed by atoms with Crippen molar-refractivity contribution in [1.29, 1.82) is 0 Å². The summed E-state index contributed by atoms with van der Waals surface area (Å²) in [5.41, 5.74) is 1.34. The van der Waals surface area contributed by atoms with E-state index in [1.807, 2.05) is 24.3 Å². The van der Waals surface area contributed by atoms with E-state index in [4.69, 9.17) is 4.74 Å². The molecule has 6 heteroatoms. The molecule has 1 N–H and O–H groups in total. The van der Waals surface area contributed by atoms with Crippen LogP contribution < -0.4 is 15.0 Å². The number of aromatic nitrogens is 2. The molecule has 0 bridgehead atoms. The second kappa shape index (κ2) is 8.46. The number of benzene rings is 1. The predicted molar refractivity (Wildman–Crippen MR) is 96.9 cm³/mol. The van der Waals surface area contributed by atoms with Crippen LogP contribution in [0.3, 0.4) is 0 Å². The van der Waals surface area contributed by atoms with Crippen LogP contribution in [0.1, 0.15) is 41.7 Å². The molecule has 1 fully saturated rings. The molecule has 2 heterocycles. The Morgan fingerprint density at radius 3 is 2.40 bits per heavy atom. The molecule has 1 aromatic heterocycles. The molecular formula is C19H24N4O2. The van der Waals surface area contributed by atoms with Crippen molar-refractivity contribution in [3.63, 3.8) is 0 Å². The molecule has 25 heavy (non-hydrogen) atoms. The highest BCUT2D eigenvalue weighted by atomic mass is 16.5. The standard InChI is InChI=1S/C19H24N4O2/c1-25-16-8-6-15(7-9-16)12-22-19(24)17-13-21-18(14-20-17)23-10-4-2-3-5-11-23/h6-9,13-14H,2-5,10-12H2,1H3,(H,22,24). The summed E-state index contributed by atoms with van der Waals surface area (Å²) in [5.74, 6) is 1.43. The molecule has 0 radical (unpaired) electrons. The largest absolute Gasteiger partial charge is 0.497 e. The summed E-state index contributed by atoms with van der Waals surface area (Å²) in [6, 6.07) is 7.59. The summed E-state index contributed by atoms with van der Waals surface area (Å²) in [6.45, 7) is 2.47. The maximum Gasteiger partial charge on any atom is 0.271 e. The van der Waals surface area contributed by atoms with Gasteiger partial charge in [0.25, 0.3) is 5.91 Å². The molecule has 1 amide bonds. The van der Waals surface area contributed by atoms with E-state index in [9.17, 15) is 4.79 Å². The van der Waals surface area contributed by atoms with Crippen LogP contribution in [0.25, 0.3) is 0 Å². The highest BCUT2D eigenvalue weighted by Crippen LogP contribution is 2.16. The first kappa shape index (κ1) is 17.2. The van der Waals surface area contributed by atoms with E-state index >= 15 is 0 Å². The van der Waals surface area contributed by atoms with Crippen molar-refractivity contribution in [3.8, 4) is 5.75 Å². The SMILES string of the molecule is COc1ccc(CNC(=O)c2cnc(N3CCCCCC3)cn2)cc1. The molecule has 1 aliphatic heterocycles. The van der Waals surface area contributed by atoms with Gasteiger partial charge in [0, 0.05) is 19.6 Å². The lowest BCUT2D eigenvalue weighted by molar-refractivity contribution is 0.0945. The quantitative estimate of drug-likeness (QED) is 0.906. The van der Waals surface area contributed by atoms with E-state index in [0.717, 1.165) is 30.2 Å². The molecule has 2 aromatic rings. The van der Waals surface area contributed by atoms with Gasteiger partial charge in [-0.25, -0.2) is 9.97 Å². The number of hydrogen-bond donors (Lipinski definition) is 1. The fourth-order valence-electron chi connectivity index (χ4n) is 2.92. The number of carbonyl (C=O) groups is 1. The van der Waals surface area contributed by atoms with Gasteiger partial charge in [0.15, 0.2) is 0 Å². The molecular weight excluding hydrogens is 316 g/mol. The zero-order valence-corrected chi connectivity index (χ0v) is 14.6. The third-order valence-corrected chi connectivity index (χ3v) is 4.41. The number of anilines is 1. The fourth-order valence-corrected chi connectivity index (χ4v) is 2.92. The van der Waals surface area contributed by atoms with Gasteiger partial charge in [0.05, 0.1) is 19.5 Å². The summed E-state index contributed by atoms with van der Waals surface area (Å²) in [6.07, 6.45) is 8.18. The fraction of sp³-hybridized carbons (Fsp3) is 0.421. The van der Waals surface area contributed by atoms with Crippen molar-refractivity contribution in [2.75, 3.05) is 25.1 Å². The topological polar surface area (TPSA) is 67.3 Å². The van der Waals surface area contributed by atoms with Crippen LogP contribution in [0.2, 0.25) is 0 Å². The Labute approximate surface area is 148 Å². The average molecular weight is 340 g/mol. The second-order valence-corrected chi connectivity index (χ2v) is 6.19. The van der Waals surface area contributed by atoms with Crippen molar-refractivity contribution >= 4 is 11.7 Å². The van der Waals surface area contributed by atoms with Crippen molar-refractivity contribution in [1.82, 2.24) is 15.3 Å². The summed E-state index contributed by atoms with van der Waals surface area (Å²) in [5, 5.41) is 2.87. The lowest BCUT2D eigenvalue weighted by Gasteiger charge is -2.20. The number of nitrogens with one attached hydrogen (secondary N) is 1. The summed E-state index contributed by atoms with van der Waals surface area (Å²) in [4.78, 5) is 23.2. The zero-order valence-electron chi connectivity index (χ0n) is 14.6. The van der Waals surface area contributed by atoms with Gasteiger partial charge < -0.3 is 15.0 Å². The molecule has 0 aliphatic carbocycles. The number of ether oxygens (including phenoxy) is 1. The van der Waals surface area contributed by atoms with Crippen LogP contribution in [0, 0.1) is 0 Å². The number of rotatable bonds is 5. The van der Waals surface area contributed by atoms with Gasteiger partial charge in [0.1, 0.15) is 17.3 Å². The van der Waals surface area contributed by atoms with Crippen molar-refractivity contribution in [3.05, 3.63) is 47.9 Å². The Kier molecular flexibility index (Phi) is 5.82.